The number of nitrogens with two attached hydrogens (primary N) is 2. The summed E-state index contributed by atoms with van der Waals surface area (Å²) in [4.78, 5) is 28.1. The molecule has 4 N–H and O–H groups in total. The van der Waals surface area contributed by atoms with Gasteiger partial charge in [-0.2, -0.15) is 0 Å². The normalized spacial score (nSPS) is 14.5. The van der Waals surface area contributed by atoms with E-state index in [1.165, 1.54) is 12.0 Å². The number of carbonyl (C=O) groups is 2. The molecule has 0 saturated carbocycles. The molecule has 8 nitrogen and oxygen atoms in total. The molecular weight excluding hydrogens is 406 g/mol. The third kappa shape index (κ3) is 8.34. The van der Waals surface area contributed by atoms with E-state index in [1.54, 1.807) is 20.8 Å². The number of primary amides is 1. The maximum atomic E-state index is 11.9. The summed E-state index contributed by atoms with van der Waals surface area (Å²) in [6, 6.07) is 6.51. The van der Waals surface area contributed by atoms with E-state index >= 15 is 0 Å². The maximum Gasteiger partial charge on any atom is 0.404 e. The Morgan fingerprint density at radius 2 is 1.94 bits per heavy atom. The van der Waals surface area contributed by atoms with Crippen LogP contribution < -0.4 is 16.4 Å². The Morgan fingerprint density at radius 3 is 2.44 bits per heavy atom. The number of aryl methyl sites for hydroxylation is 1. The number of nitrogens with zero attached hydrogens (tertiary/aromatic N) is 3. The monoisotopic (exact) mass is 445 g/mol. The van der Waals surface area contributed by atoms with Crippen LogP contribution in [0.2, 0.25) is 0 Å². The average molecular weight is 446 g/mol. The Morgan fingerprint density at radius 1 is 1.28 bits per heavy atom. The van der Waals surface area contributed by atoms with Gasteiger partial charge in [0.15, 0.2) is 0 Å². The molecule has 0 spiro atoms. The summed E-state index contributed by atoms with van der Waals surface area (Å²) in [7, 11) is 0. The molecule has 2 heterocycles. The van der Waals surface area contributed by atoms with Gasteiger partial charge in [-0.25, -0.2) is 9.78 Å². The van der Waals surface area contributed by atoms with Gasteiger partial charge in [-0.05, 0) is 51.3 Å². The molecule has 0 radical (unpaired) electrons. The molecule has 32 heavy (non-hydrogen) atoms. The largest absolute Gasteiger partial charge is 0.447 e. The first-order valence-electron chi connectivity index (χ1n) is 11.2. The van der Waals surface area contributed by atoms with Crippen LogP contribution in [0.3, 0.4) is 0 Å². The number of anilines is 1. The number of hydrogen-bond acceptors (Lipinski definition) is 5. The van der Waals surface area contributed by atoms with Crippen molar-refractivity contribution in [2.75, 3.05) is 11.4 Å². The zero-order chi connectivity index (χ0) is 24.3. The minimum absolute atomic E-state index is 0.0995. The van der Waals surface area contributed by atoms with Gasteiger partial charge in [0.25, 0.3) is 0 Å². The van der Waals surface area contributed by atoms with Crippen LogP contribution in [0.5, 0.6) is 0 Å². The number of hydrogen-bond donors (Lipinski definition) is 2. The molecule has 1 aromatic heterocycles. The molecule has 0 fully saturated rings. The van der Waals surface area contributed by atoms with Crippen LogP contribution >= 0.6 is 0 Å². The molecule has 178 valence electrons. The van der Waals surface area contributed by atoms with Crippen LogP contribution in [0.25, 0.3) is 11.3 Å². The lowest BCUT2D eigenvalue weighted by Gasteiger charge is -2.34. The highest BCUT2D eigenvalue weighted by atomic mass is 16.6. The molecule has 3 rings (SSSR count). The van der Waals surface area contributed by atoms with E-state index in [1.807, 2.05) is 34.1 Å². The molecule has 0 aliphatic carbocycles. The smallest absolute Gasteiger partial charge is 0.404 e. The van der Waals surface area contributed by atoms with Gasteiger partial charge in [0.05, 0.1) is 18.1 Å². The van der Waals surface area contributed by atoms with Crippen molar-refractivity contribution < 1.29 is 14.3 Å². The van der Waals surface area contributed by atoms with E-state index in [4.69, 9.17) is 5.73 Å². The van der Waals surface area contributed by atoms with Crippen LogP contribution in [-0.2, 0) is 22.5 Å². The average Bonchev–Trinajstić information content (AvgIpc) is 3.16. The predicted molar refractivity (Wildman–Crippen MR) is 129 cm³/mol. The second kappa shape index (κ2) is 13.5. The number of carbonyl (C=O) groups excluding carboxylic acids is 2. The first-order chi connectivity index (χ1) is 15.1. The molecule has 1 atom stereocenters. The Labute approximate surface area is 191 Å². The van der Waals surface area contributed by atoms with Gasteiger partial charge in [-0.1, -0.05) is 26.3 Å². The first kappa shape index (κ1) is 27.2. The van der Waals surface area contributed by atoms with E-state index in [-0.39, 0.29) is 18.1 Å². The van der Waals surface area contributed by atoms with E-state index in [2.05, 4.69) is 42.3 Å². The summed E-state index contributed by atoms with van der Waals surface area (Å²) in [6.07, 6.45) is 6.26. The predicted octanol–water partition coefficient (Wildman–Crippen LogP) is 4.10. The number of amides is 2. The van der Waals surface area contributed by atoms with Crippen molar-refractivity contribution in [3.05, 3.63) is 36.3 Å². The van der Waals surface area contributed by atoms with Gasteiger partial charge < -0.3 is 25.7 Å². The van der Waals surface area contributed by atoms with Crippen molar-refractivity contribution in [2.45, 2.75) is 79.5 Å². The summed E-state index contributed by atoms with van der Waals surface area (Å²) < 4.78 is 6.39. The highest BCUT2D eigenvalue weighted by molar-refractivity contribution is 5.93. The molecule has 2 aromatic rings. The Bertz CT molecular complexity index is 863. The Balaban J connectivity index is 0.000000433. The summed E-state index contributed by atoms with van der Waals surface area (Å²) in [5, 5.41) is 0. The Kier molecular flexibility index (Phi) is 11.5. The first-order valence-corrected chi connectivity index (χ1v) is 11.2. The minimum atomic E-state index is -0.713. The lowest BCUT2D eigenvalue weighted by Crippen LogP contribution is -2.40. The van der Waals surface area contributed by atoms with Gasteiger partial charge in [-0.15, -0.1) is 0 Å². The molecule has 8 heteroatoms. The summed E-state index contributed by atoms with van der Waals surface area (Å²) in [5.41, 5.74) is 14.5. The van der Waals surface area contributed by atoms with Crippen molar-refractivity contribution in [1.29, 1.82) is 0 Å². The van der Waals surface area contributed by atoms with Crippen molar-refractivity contribution in [3.63, 3.8) is 0 Å². The Hall–Kier alpha value is -2.87. The van der Waals surface area contributed by atoms with E-state index < -0.39 is 6.09 Å². The van der Waals surface area contributed by atoms with E-state index in [0.29, 0.717) is 6.54 Å². The molecule has 0 unspecified atom stereocenters. The maximum absolute atomic E-state index is 11.9. The zero-order valence-corrected chi connectivity index (χ0v) is 20.3. The van der Waals surface area contributed by atoms with Crippen molar-refractivity contribution in [1.82, 2.24) is 9.55 Å². The highest BCUT2D eigenvalue weighted by Gasteiger charge is 2.26. The fourth-order valence-corrected chi connectivity index (χ4v) is 3.40. The van der Waals surface area contributed by atoms with Crippen LogP contribution in [0.1, 0.15) is 59.9 Å². The van der Waals surface area contributed by atoms with Gasteiger partial charge in [0, 0.05) is 43.5 Å². The summed E-state index contributed by atoms with van der Waals surface area (Å²) in [5.74, 6) is 0.105. The van der Waals surface area contributed by atoms with Gasteiger partial charge >= 0.3 is 6.09 Å². The van der Waals surface area contributed by atoms with Crippen molar-refractivity contribution >= 4 is 17.7 Å². The number of ether oxygens (including phenoxy) is 1. The molecule has 2 amide bonds. The number of aromatic nitrogens is 2. The molecule has 1 aliphatic rings. The highest BCUT2D eigenvalue weighted by Crippen LogP contribution is 2.33. The van der Waals surface area contributed by atoms with Crippen molar-refractivity contribution in [2.24, 2.45) is 11.5 Å². The van der Waals surface area contributed by atoms with Gasteiger partial charge in [0.1, 0.15) is 0 Å². The third-order valence-corrected chi connectivity index (χ3v) is 4.62. The lowest BCUT2D eigenvalue weighted by atomic mass is 9.94. The topological polar surface area (TPSA) is 116 Å². The fourth-order valence-electron chi connectivity index (χ4n) is 3.40. The second-order valence-electron chi connectivity index (χ2n) is 8.10. The fraction of sp³-hybridized carbons (Fsp3) is 0.542. The van der Waals surface area contributed by atoms with Gasteiger partial charge in [0.2, 0.25) is 5.91 Å². The number of rotatable bonds is 4. The van der Waals surface area contributed by atoms with E-state index in [9.17, 15) is 9.59 Å². The quantitative estimate of drug-likeness (QED) is 0.735. The SMILES string of the molecule is CC(=O)N1c2ccc(-c3cn(CCN)cn3)cc2CC[C@@H]1C.CC(C)OC(N)=O.CCC. The second-order valence-corrected chi connectivity index (χ2v) is 8.10. The summed E-state index contributed by atoms with van der Waals surface area (Å²) in [6.45, 7) is 12.8. The molecule has 0 saturated heterocycles. The van der Waals surface area contributed by atoms with Crippen LogP contribution in [0.4, 0.5) is 10.5 Å². The number of benzene rings is 1. The molecular formula is C24H39N5O3. The lowest BCUT2D eigenvalue weighted by molar-refractivity contribution is -0.117. The number of imidazole rings is 1. The standard InChI is InChI=1S/C17H22N4O.C4H9NO2.C3H8/c1-12-3-4-15-9-14(5-6-17(15)21(12)13(2)22)16-10-20(8-7-18)11-19-16;1-3(2)7-4(5)6;1-3-2/h5-6,9-12H,3-4,7-8,18H2,1-2H3;3H,1-2H3,(H2,5,6);3H2,1-2H3/t12-;;/m0../s1. The zero-order valence-electron chi connectivity index (χ0n) is 20.3. The third-order valence-electron chi connectivity index (χ3n) is 4.62. The van der Waals surface area contributed by atoms with Crippen LogP contribution in [0.15, 0.2) is 30.7 Å². The minimum Gasteiger partial charge on any atom is -0.447 e. The van der Waals surface area contributed by atoms with Crippen LogP contribution in [-0.4, -0.2) is 40.2 Å². The van der Waals surface area contributed by atoms with Gasteiger partial charge in [-0.3, -0.25) is 4.79 Å². The van der Waals surface area contributed by atoms with Crippen LogP contribution in [0, 0.1) is 0 Å². The molecule has 1 aliphatic heterocycles. The summed E-state index contributed by atoms with van der Waals surface area (Å²) >= 11 is 0. The van der Waals surface area contributed by atoms with Crippen molar-refractivity contribution in [3.8, 4) is 11.3 Å². The molecule has 0 bridgehead atoms. The molecule has 1 aromatic carbocycles. The number of fused-ring (bicyclic) bond motifs is 1. The van der Waals surface area contributed by atoms with E-state index in [0.717, 1.165) is 36.3 Å².